The molecule has 5 heteroatoms. The summed E-state index contributed by atoms with van der Waals surface area (Å²) in [6.45, 7) is 4.77. The lowest BCUT2D eigenvalue weighted by Crippen LogP contribution is -2.16. The van der Waals surface area contributed by atoms with Gasteiger partial charge in [0, 0.05) is 6.54 Å². The first kappa shape index (κ1) is 17.6. The van der Waals surface area contributed by atoms with E-state index in [1.165, 1.54) is 11.1 Å². The molecule has 3 rings (SSSR count). The van der Waals surface area contributed by atoms with Crippen molar-refractivity contribution in [3.05, 3.63) is 82.9 Å². The number of aromatic nitrogens is 2. The van der Waals surface area contributed by atoms with Crippen molar-refractivity contribution in [3.8, 4) is 0 Å². The van der Waals surface area contributed by atoms with Crippen molar-refractivity contribution < 1.29 is 4.79 Å². The van der Waals surface area contributed by atoms with Crippen LogP contribution in [0.1, 0.15) is 22.3 Å². The van der Waals surface area contributed by atoms with Gasteiger partial charge in [-0.15, -0.1) is 10.2 Å². The van der Waals surface area contributed by atoms with E-state index >= 15 is 0 Å². The van der Waals surface area contributed by atoms with Gasteiger partial charge in [0.15, 0.2) is 5.82 Å². The molecule has 0 aliphatic heterocycles. The van der Waals surface area contributed by atoms with Gasteiger partial charge in [-0.1, -0.05) is 54.1 Å². The zero-order valence-electron chi connectivity index (χ0n) is 15.0. The average Bonchev–Trinajstić information content (AvgIpc) is 2.62. The summed E-state index contributed by atoms with van der Waals surface area (Å²) < 4.78 is 0. The Labute approximate surface area is 153 Å². The Kier molecular flexibility index (Phi) is 5.59. The fraction of sp³-hybridized carbons (Fsp3) is 0.190. The van der Waals surface area contributed by atoms with Gasteiger partial charge in [-0.05, 0) is 42.7 Å². The molecule has 3 aromatic rings. The first-order chi connectivity index (χ1) is 12.6. The molecule has 1 aromatic heterocycles. The van der Waals surface area contributed by atoms with Crippen LogP contribution in [0.3, 0.4) is 0 Å². The Morgan fingerprint density at radius 2 is 1.69 bits per heavy atom. The molecule has 0 saturated carbocycles. The van der Waals surface area contributed by atoms with Crippen LogP contribution in [0, 0.1) is 13.8 Å². The first-order valence-corrected chi connectivity index (χ1v) is 8.57. The number of hydrogen-bond acceptors (Lipinski definition) is 4. The summed E-state index contributed by atoms with van der Waals surface area (Å²) in [6.07, 6.45) is 0.316. The molecule has 0 bridgehead atoms. The lowest BCUT2D eigenvalue weighted by molar-refractivity contribution is -0.115. The van der Waals surface area contributed by atoms with Crippen molar-refractivity contribution in [2.45, 2.75) is 26.8 Å². The summed E-state index contributed by atoms with van der Waals surface area (Å²) in [4.78, 5) is 12.1. The molecule has 0 aliphatic carbocycles. The van der Waals surface area contributed by atoms with Gasteiger partial charge in [-0.2, -0.15) is 0 Å². The van der Waals surface area contributed by atoms with E-state index in [9.17, 15) is 4.79 Å². The summed E-state index contributed by atoms with van der Waals surface area (Å²) in [5.41, 5.74) is 4.56. The molecule has 0 atom stereocenters. The Bertz CT molecular complexity index is 891. The standard InChI is InChI=1S/C21H22N4O/c1-15-6-5-8-17(12-15)13-21(26)23-20-11-10-19(24-25-20)22-14-18-9-4-3-7-16(18)2/h3-12H,13-14H2,1-2H3,(H,22,24)(H,23,25,26). The van der Waals surface area contributed by atoms with Crippen LogP contribution in [-0.2, 0) is 17.8 Å². The van der Waals surface area contributed by atoms with E-state index in [0.29, 0.717) is 24.6 Å². The molecular weight excluding hydrogens is 324 g/mol. The van der Waals surface area contributed by atoms with Crippen molar-refractivity contribution in [2.75, 3.05) is 10.6 Å². The molecule has 1 amide bonds. The van der Waals surface area contributed by atoms with Gasteiger partial charge >= 0.3 is 0 Å². The Morgan fingerprint density at radius 1 is 0.923 bits per heavy atom. The number of nitrogens with zero attached hydrogens (tertiary/aromatic N) is 2. The summed E-state index contributed by atoms with van der Waals surface area (Å²) >= 11 is 0. The third kappa shape index (κ3) is 4.89. The Morgan fingerprint density at radius 3 is 2.42 bits per heavy atom. The largest absolute Gasteiger partial charge is 0.364 e. The second kappa shape index (κ2) is 8.25. The molecule has 0 spiro atoms. The predicted octanol–water partition coefficient (Wildman–Crippen LogP) is 3.89. The molecule has 0 saturated heterocycles. The maximum atomic E-state index is 12.1. The molecular formula is C21H22N4O. The normalized spacial score (nSPS) is 10.4. The van der Waals surface area contributed by atoms with Crippen molar-refractivity contribution in [1.29, 1.82) is 0 Å². The summed E-state index contributed by atoms with van der Waals surface area (Å²) in [5, 5.41) is 14.2. The van der Waals surface area contributed by atoms with Gasteiger partial charge in [-0.25, -0.2) is 0 Å². The number of amides is 1. The van der Waals surface area contributed by atoms with Crippen LogP contribution in [0.2, 0.25) is 0 Å². The van der Waals surface area contributed by atoms with E-state index in [2.05, 4.69) is 39.9 Å². The number of rotatable bonds is 6. The molecule has 2 N–H and O–H groups in total. The number of nitrogens with one attached hydrogen (secondary N) is 2. The van der Waals surface area contributed by atoms with Gasteiger partial charge in [0.2, 0.25) is 5.91 Å². The number of hydrogen-bond donors (Lipinski definition) is 2. The zero-order valence-corrected chi connectivity index (χ0v) is 15.0. The van der Waals surface area contributed by atoms with Crippen LogP contribution in [0.25, 0.3) is 0 Å². The van der Waals surface area contributed by atoms with Gasteiger partial charge in [0.05, 0.1) is 6.42 Å². The predicted molar refractivity (Wildman–Crippen MR) is 104 cm³/mol. The fourth-order valence-corrected chi connectivity index (χ4v) is 2.68. The molecule has 0 radical (unpaired) electrons. The number of carbonyl (C=O) groups is 1. The van der Waals surface area contributed by atoms with Crippen molar-refractivity contribution in [2.24, 2.45) is 0 Å². The third-order valence-electron chi connectivity index (χ3n) is 4.10. The van der Waals surface area contributed by atoms with Crippen LogP contribution in [-0.4, -0.2) is 16.1 Å². The van der Waals surface area contributed by atoms with Crippen molar-refractivity contribution in [1.82, 2.24) is 10.2 Å². The van der Waals surface area contributed by atoms with Crippen LogP contribution >= 0.6 is 0 Å². The minimum Gasteiger partial charge on any atom is -0.364 e. The lowest BCUT2D eigenvalue weighted by Gasteiger charge is -2.09. The highest BCUT2D eigenvalue weighted by molar-refractivity contribution is 5.91. The third-order valence-corrected chi connectivity index (χ3v) is 4.10. The highest BCUT2D eigenvalue weighted by Crippen LogP contribution is 2.12. The molecule has 0 unspecified atom stereocenters. The molecule has 2 aromatic carbocycles. The molecule has 1 heterocycles. The minimum absolute atomic E-state index is 0.106. The first-order valence-electron chi connectivity index (χ1n) is 8.57. The average molecular weight is 346 g/mol. The van der Waals surface area contributed by atoms with E-state index in [1.807, 2.05) is 49.4 Å². The SMILES string of the molecule is Cc1cccc(CC(=O)Nc2ccc(NCc3ccccc3C)nn2)c1. The van der Waals surface area contributed by atoms with Gasteiger partial charge < -0.3 is 10.6 Å². The van der Waals surface area contributed by atoms with E-state index < -0.39 is 0 Å². The number of carbonyl (C=O) groups excluding carboxylic acids is 1. The highest BCUT2D eigenvalue weighted by atomic mass is 16.1. The second-order valence-corrected chi connectivity index (χ2v) is 6.30. The topological polar surface area (TPSA) is 66.9 Å². The molecule has 0 fully saturated rings. The highest BCUT2D eigenvalue weighted by Gasteiger charge is 2.06. The minimum atomic E-state index is -0.106. The van der Waals surface area contributed by atoms with Crippen molar-refractivity contribution in [3.63, 3.8) is 0 Å². The van der Waals surface area contributed by atoms with E-state index in [-0.39, 0.29) is 5.91 Å². The monoisotopic (exact) mass is 346 g/mol. The number of benzene rings is 2. The van der Waals surface area contributed by atoms with Gasteiger partial charge in [0.25, 0.3) is 0 Å². The number of aryl methyl sites for hydroxylation is 2. The van der Waals surface area contributed by atoms with Crippen LogP contribution in [0.5, 0.6) is 0 Å². The van der Waals surface area contributed by atoms with Crippen LogP contribution in [0.4, 0.5) is 11.6 Å². The van der Waals surface area contributed by atoms with Crippen molar-refractivity contribution >= 4 is 17.5 Å². The smallest absolute Gasteiger partial charge is 0.229 e. The maximum Gasteiger partial charge on any atom is 0.229 e. The Hall–Kier alpha value is -3.21. The zero-order chi connectivity index (χ0) is 18.4. The quantitative estimate of drug-likeness (QED) is 0.711. The summed E-state index contributed by atoms with van der Waals surface area (Å²) in [5.74, 6) is 1.01. The summed E-state index contributed by atoms with van der Waals surface area (Å²) in [6, 6.07) is 19.7. The van der Waals surface area contributed by atoms with Gasteiger partial charge in [0.1, 0.15) is 5.82 Å². The number of anilines is 2. The second-order valence-electron chi connectivity index (χ2n) is 6.30. The molecule has 5 nitrogen and oxygen atoms in total. The molecule has 0 aliphatic rings. The summed E-state index contributed by atoms with van der Waals surface area (Å²) in [7, 11) is 0. The van der Waals surface area contributed by atoms with E-state index in [0.717, 1.165) is 11.1 Å². The van der Waals surface area contributed by atoms with Gasteiger partial charge in [-0.3, -0.25) is 4.79 Å². The van der Waals surface area contributed by atoms with Crippen LogP contribution < -0.4 is 10.6 Å². The maximum absolute atomic E-state index is 12.1. The Balaban J connectivity index is 1.54. The lowest BCUT2D eigenvalue weighted by atomic mass is 10.1. The van der Waals surface area contributed by atoms with Crippen LogP contribution in [0.15, 0.2) is 60.7 Å². The van der Waals surface area contributed by atoms with E-state index in [4.69, 9.17) is 0 Å². The fourth-order valence-electron chi connectivity index (χ4n) is 2.68. The molecule has 132 valence electrons. The molecule has 26 heavy (non-hydrogen) atoms. The van der Waals surface area contributed by atoms with E-state index in [1.54, 1.807) is 6.07 Å².